The lowest BCUT2D eigenvalue weighted by Gasteiger charge is -2.14. The lowest BCUT2D eigenvalue weighted by atomic mass is 10.1. The van der Waals surface area contributed by atoms with Crippen LogP contribution in [0.1, 0.15) is 11.4 Å². The molecule has 0 N–H and O–H groups in total. The van der Waals surface area contributed by atoms with Crippen LogP contribution in [-0.2, 0) is 0 Å². The minimum absolute atomic E-state index is 0.667. The first kappa shape index (κ1) is 17.7. The van der Waals surface area contributed by atoms with E-state index < -0.39 is 0 Å². The third-order valence-corrected chi connectivity index (χ3v) is 4.23. The Kier molecular flexibility index (Phi) is 5.02. The van der Waals surface area contributed by atoms with Crippen LogP contribution in [0.5, 0.6) is 23.0 Å². The molecule has 1 heterocycles. The molecule has 0 aliphatic carbocycles. The zero-order valence-corrected chi connectivity index (χ0v) is 15.8. The van der Waals surface area contributed by atoms with Crippen molar-refractivity contribution in [2.45, 2.75) is 13.8 Å². The van der Waals surface area contributed by atoms with E-state index >= 15 is 0 Å². The van der Waals surface area contributed by atoms with Crippen molar-refractivity contribution >= 4 is 0 Å². The first-order valence-electron chi connectivity index (χ1n) is 9.09. The zero-order valence-electron chi connectivity index (χ0n) is 15.8. The highest BCUT2D eigenvalue weighted by Crippen LogP contribution is 2.37. The van der Waals surface area contributed by atoms with Crippen LogP contribution in [0, 0.1) is 13.8 Å². The highest BCUT2D eigenvalue weighted by atomic mass is 16.5. The number of benzene rings is 3. The molecule has 28 heavy (non-hydrogen) atoms. The van der Waals surface area contributed by atoms with E-state index in [-0.39, 0.29) is 0 Å². The normalized spacial score (nSPS) is 10.5. The molecule has 0 fully saturated rings. The molecule has 1 aromatic heterocycles. The molecule has 0 aliphatic rings. The number of aryl methyl sites for hydroxylation is 2. The molecule has 4 heteroatoms. The second kappa shape index (κ2) is 7.92. The Morgan fingerprint density at radius 3 is 1.96 bits per heavy atom. The zero-order chi connectivity index (χ0) is 19.3. The summed E-state index contributed by atoms with van der Waals surface area (Å²) in [5.74, 6) is 2.88. The number of hydrogen-bond donors (Lipinski definition) is 0. The highest BCUT2D eigenvalue weighted by Gasteiger charge is 2.14. The number of hydrogen-bond acceptors (Lipinski definition) is 4. The van der Waals surface area contributed by atoms with Gasteiger partial charge in [0.2, 0.25) is 0 Å². The molecular formula is C24H20N2O2. The molecule has 0 unspecified atom stereocenters. The molecule has 4 nitrogen and oxygen atoms in total. The summed E-state index contributed by atoms with van der Waals surface area (Å²) >= 11 is 0. The van der Waals surface area contributed by atoms with Gasteiger partial charge in [-0.2, -0.15) is 0 Å². The van der Waals surface area contributed by atoms with Crippen molar-refractivity contribution in [3.05, 3.63) is 96.4 Å². The average Bonchev–Trinajstić information content (AvgIpc) is 2.70. The molecule has 0 saturated carbocycles. The Labute approximate surface area is 164 Å². The predicted molar refractivity (Wildman–Crippen MR) is 110 cm³/mol. The van der Waals surface area contributed by atoms with Crippen LogP contribution >= 0.6 is 0 Å². The number of ether oxygens (including phenoxy) is 2. The number of rotatable bonds is 5. The van der Waals surface area contributed by atoms with Crippen LogP contribution in [0.3, 0.4) is 0 Å². The monoisotopic (exact) mass is 368 g/mol. The molecule has 0 saturated heterocycles. The van der Waals surface area contributed by atoms with Gasteiger partial charge in [-0.25, -0.2) is 0 Å². The minimum Gasteiger partial charge on any atom is -0.457 e. The topological polar surface area (TPSA) is 44.2 Å². The van der Waals surface area contributed by atoms with E-state index in [0.717, 1.165) is 34.1 Å². The summed E-state index contributed by atoms with van der Waals surface area (Å²) in [4.78, 5) is 9.12. The Morgan fingerprint density at radius 2 is 1.32 bits per heavy atom. The fourth-order valence-electron chi connectivity index (χ4n) is 2.95. The van der Waals surface area contributed by atoms with E-state index in [2.05, 4.69) is 9.97 Å². The van der Waals surface area contributed by atoms with Gasteiger partial charge in [-0.1, -0.05) is 36.4 Å². The Bertz CT molecular complexity index is 1080. The van der Waals surface area contributed by atoms with Gasteiger partial charge in [0.05, 0.1) is 17.1 Å². The summed E-state index contributed by atoms with van der Waals surface area (Å²) in [6.45, 7) is 3.89. The molecule has 0 amide bonds. The van der Waals surface area contributed by atoms with Crippen LogP contribution in [0.4, 0.5) is 0 Å². The lowest BCUT2D eigenvalue weighted by molar-refractivity contribution is 0.461. The summed E-state index contributed by atoms with van der Waals surface area (Å²) in [6, 6.07) is 25.1. The summed E-state index contributed by atoms with van der Waals surface area (Å²) in [7, 11) is 0. The lowest BCUT2D eigenvalue weighted by Crippen LogP contribution is -1.97. The molecule has 0 atom stereocenters. The van der Waals surface area contributed by atoms with Gasteiger partial charge in [0, 0.05) is 17.8 Å². The molecule has 0 radical (unpaired) electrons. The number of nitrogens with zero attached hydrogens (tertiary/aromatic N) is 2. The van der Waals surface area contributed by atoms with Crippen LogP contribution in [0.15, 0.2) is 85.1 Å². The van der Waals surface area contributed by atoms with Gasteiger partial charge in [0.1, 0.15) is 23.0 Å². The summed E-state index contributed by atoms with van der Waals surface area (Å²) in [5.41, 5.74) is 3.41. The predicted octanol–water partition coefficient (Wildman–Crippen LogP) is 6.35. The molecule has 4 rings (SSSR count). The molecule has 138 valence electrons. The SMILES string of the molecule is Cc1cnc(-c2ccc(Oc3ccccc3)cc2Oc2ccccc2)c(C)n1. The van der Waals surface area contributed by atoms with E-state index in [1.807, 2.05) is 92.7 Å². The Balaban J connectivity index is 1.76. The maximum absolute atomic E-state index is 6.18. The van der Waals surface area contributed by atoms with Crippen LogP contribution < -0.4 is 9.47 Å². The largest absolute Gasteiger partial charge is 0.457 e. The van der Waals surface area contributed by atoms with E-state index in [1.165, 1.54) is 0 Å². The van der Waals surface area contributed by atoms with Crippen molar-refractivity contribution < 1.29 is 9.47 Å². The molecule has 0 aliphatic heterocycles. The van der Waals surface area contributed by atoms with E-state index in [1.54, 1.807) is 6.20 Å². The molecule has 0 spiro atoms. The van der Waals surface area contributed by atoms with Gasteiger partial charge < -0.3 is 9.47 Å². The third-order valence-electron chi connectivity index (χ3n) is 4.23. The second-order valence-electron chi connectivity index (χ2n) is 6.43. The fraction of sp³-hybridized carbons (Fsp3) is 0.0833. The maximum atomic E-state index is 6.18. The van der Waals surface area contributed by atoms with E-state index in [9.17, 15) is 0 Å². The van der Waals surface area contributed by atoms with Crippen molar-refractivity contribution in [3.63, 3.8) is 0 Å². The van der Waals surface area contributed by atoms with Crippen LogP contribution in [-0.4, -0.2) is 9.97 Å². The number of para-hydroxylation sites is 2. The Hall–Kier alpha value is -3.66. The van der Waals surface area contributed by atoms with E-state index in [4.69, 9.17) is 9.47 Å². The van der Waals surface area contributed by atoms with Gasteiger partial charge in [-0.15, -0.1) is 0 Å². The summed E-state index contributed by atoms with van der Waals surface area (Å²) < 4.78 is 12.2. The van der Waals surface area contributed by atoms with Crippen molar-refractivity contribution in [3.8, 4) is 34.3 Å². The van der Waals surface area contributed by atoms with Crippen LogP contribution in [0.2, 0.25) is 0 Å². The van der Waals surface area contributed by atoms with Crippen molar-refractivity contribution in [2.75, 3.05) is 0 Å². The molecular weight excluding hydrogens is 348 g/mol. The molecule has 4 aromatic rings. The summed E-state index contributed by atoms with van der Waals surface area (Å²) in [5, 5.41) is 0. The van der Waals surface area contributed by atoms with Gasteiger partial charge in [0.25, 0.3) is 0 Å². The van der Waals surface area contributed by atoms with E-state index in [0.29, 0.717) is 11.5 Å². The van der Waals surface area contributed by atoms with Crippen LogP contribution in [0.25, 0.3) is 11.3 Å². The minimum atomic E-state index is 0.667. The van der Waals surface area contributed by atoms with Crippen molar-refractivity contribution in [2.24, 2.45) is 0 Å². The van der Waals surface area contributed by atoms with Gasteiger partial charge >= 0.3 is 0 Å². The third kappa shape index (κ3) is 4.01. The second-order valence-corrected chi connectivity index (χ2v) is 6.43. The smallest absolute Gasteiger partial charge is 0.140 e. The molecule has 3 aromatic carbocycles. The standard InChI is InChI=1S/C24H20N2O2/c1-17-16-25-24(18(2)26-17)22-14-13-21(27-19-9-5-3-6-10-19)15-23(22)28-20-11-7-4-8-12-20/h3-16H,1-2H3. The van der Waals surface area contributed by atoms with Crippen molar-refractivity contribution in [1.29, 1.82) is 0 Å². The Morgan fingerprint density at radius 1 is 0.679 bits per heavy atom. The maximum Gasteiger partial charge on any atom is 0.140 e. The van der Waals surface area contributed by atoms with Gasteiger partial charge in [-0.05, 0) is 50.2 Å². The number of aromatic nitrogens is 2. The highest BCUT2D eigenvalue weighted by molar-refractivity contribution is 5.70. The quantitative estimate of drug-likeness (QED) is 0.412. The molecule has 0 bridgehead atoms. The summed E-state index contributed by atoms with van der Waals surface area (Å²) in [6.07, 6.45) is 1.77. The van der Waals surface area contributed by atoms with Gasteiger partial charge in [-0.3, -0.25) is 9.97 Å². The first-order chi connectivity index (χ1) is 13.7. The fourth-order valence-corrected chi connectivity index (χ4v) is 2.95. The first-order valence-corrected chi connectivity index (χ1v) is 9.09. The van der Waals surface area contributed by atoms with Gasteiger partial charge in [0.15, 0.2) is 0 Å². The average molecular weight is 368 g/mol. The van der Waals surface area contributed by atoms with Crippen molar-refractivity contribution in [1.82, 2.24) is 9.97 Å².